The van der Waals surface area contributed by atoms with E-state index in [2.05, 4.69) is 19.4 Å². The molecule has 1 atom stereocenters. The maximum atomic E-state index is 12.4. The number of aryl methyl sites for hydroxylation is 2. The number of ether oxygens (including phenoxy) is 1. The molecule has 0 aliphatic heterocycles. The second-order valence-electron chi connectivity index (χ2n) is 8.05. The van der Waals surface area contributed by atoms with Crippen molar-refractivity contribution in [1.82, 2.24) is 5.32 Å². The quantitative estimate of drug-likeness (QED) is 0.556. The van der Waals surface area contributed by atoms with E-state index in [-0.39, 0.29) is 11.5 Å². The number of carbonyl (C=O) groups is 1. The van der Waals surface area contributed by atoms with Gasteiger partial charge in [0, 0.05) is 18.5 Å². The Hall–Kier alpha value is -2.34. The van der Waals surface area contributed by atoms with Gasteiger partial charge in [0.25, 0.3) is 5.91 Å². The molecule has 2 N–H and O–H groups in total. The number of amides is 1. The third-order valence-corrected chi connectivity index (χ3v) is 5.25. The van der Waals surface area contributed by atoms with Crippen molar-refractivity contribution >= 4 is 16.9 Å². The fraction of sp³-hybridized carbons (Fsp3) is 0.545. The number of hydrogen-bond acceptors (Lipinski definition) is 4. The predicted octanol–water partition coefficient (Wildman–Crippen LogP) is 1.40. The van der Waals surface area contributed by atoms with E-state index in [1.54, 1.807) is 6.92 Å². The first-order chi connectivity index (χ1) is 13.4. The van der Waals surface area contributed by atoms with Gasteiger partial charge in [-0.05, 0) is 62.8 Å². The first-order valence-electron chi connectivity index (χ1n) is 10.2. The lowest BCUT2D eigenvalue weighted by Crippen LogP contribution is -3.05. The van der Waals surface area contributed by atoms with Gasteiger partial charge in [0.15, 0.2) is 6.10 Å². The number of carbonyl (C=O) groups excluding carboxylic acids is 1. The number of quaternary nitrogens is 1. The number of fused-ring (bicyclic) bond motifs is 3. The van der Waals surface area contributed by atoms with Crippen molar-refractivity contribution in [2.24, 2.45) is 0 Å². The van der Waals surface area contributed by atoms with Crippen LogP contribution in [0.1, 0.15) is 42.9 Å². The zero-order chi connectivity index (χ0) is 20.3. The van der Waals surface area contributed by atoms with E-state index in [1.165, 1.54) is 4.90 Å². The zero-order valence-corrected chi connectivity index (χ0v) is 17.3. The molecule has 6 heteroatoms. The van der Waals surface area contributed by atoms with Crippen molar-refractivity contribution in [3.63, 3.8) is 0 Å². The van der Waals surface area contributed by atoms with Crippen LogP contribution in [0.25, 0.3) is 11.0 Å². The van der Waals surface area contributed by atoms with Gasteiger partial charge in [-0.3, -0.25) is 4.79 Å². The Morgan fingerprint density at radius 2 is 1.96 bits per heavy atom. The molecule has 1 aromatic carbocycles. The lowest BCUT2D eigenvalue weighted by Gasteiger charge is -2.21. The lowest BCUT2D eigenvalue weighted by molar-refractivity contribution is -0.858. The average Bonchev–Trinajstić information content (AvgIpc) is 2.64. The average molecular weight is 388 g/mol. The highest BCUT2D eigenvalue weighted by Crippen LogP contribution is 2.35. The molecule has 1 amide bonds. The van der Waals surface area contributed by atoms with E-state index < -0.39 is 6.10 Å². The van der Waals surface area contributed by atoms with E-state index >= 15 is 0 Å². The van der Waals surface area contributed by atoms with Crippen LogP contribution >= 0.6 is 0 Å². The smallest absolute Gasteiger partial charge is 0.339 e. The van der Waals surface area contributed by atoms with E-state index in [4.69, 9.17) is 9.15 Å². The summed E-state index contributed by atoms with van der Waals surface area (Å²) < 4.78 is 11.7. The highest BCUT2D eigenvalue weighted by atomic mass is 16.5. The predicted molar refractivity (Wildman–Crippen MR) is 109 cm³/mol. The van der Waals surface area contributed by atoms with E-state index in [0.29, 0.717) is 17.9 Å². The molecule has 0 radical (unpaired) electrons. The molecular weight excluding hydrogens is 356 g/mol. The minimum atomic E-state index is -0.622. The third-order valence-electron chi connectivity index (χ3n) is 5.25. The van der Waals surface area contributed by atoms with Crippen molar-refractivity contribution in [3.8, 4) is 5.75 Å². The Bertz CT molecular complexity index is 917. The minimum absolute atomic E-state index is 0.130. The molecule has 0 unspecified atom stereocenters. The van der Waals surface area contributed by atoms with Crippen LogP contribution in [0, 0.1) is 6.92 Å². The molecule has 1 aliphatic rings. The fourth-order valence-corrected chi connectivity index (χ4v) is 3.80. The van der Waals surface area contributed by atoms with Gasteiger partial charge in [0.1, 0.15) is 11.3 Å². The van der Waals surface area contributed by atoms with Crippen LogP contribution < -0.4 is 20.6 Å². The van der Waals surface area contributed by atoms with Crippen molar-refractivity contribution < 1.29 is 18.8 Å². The van der Waals surface area contributed by atoms with Gasteiger partial charge < -0.3 is 19.4 Å². The molecule has 0 spiro atoms. The maximum Gasteiger partial charge on any atom is 0.339 e. The zero-order valence-electron chi connectivity index (χ0n) is 17.3. The third kappa shape index (κ3) is 4.55. The molecule has 0 fully saturated rings. The second kappa shape index (κ2) is 8.78. The molecular formula is C22H31N2O4+. The summed E-state index contributed by atoms with van der Waals surface area (Å²) in [5, 5.41) is 3.78. The Morgan fingerprint density at radius 3 is 2.68 bits per heavy atom. The van der Waals surface area contributed by atoms with Crippen LogP contribution in [0.3, 0.4) is 0 Å². The summed E-state index contributed by atoms with van der Waals surface area (Å²) in [4.78, 5) is 26.1. The summed E-state index contributed by atoms with van der Waals surface area (Å²) in [5.74, 6) is 0.493. The maximum absolute atomic E-state index is 12.4. The van der Waals surface area contributed by atoms with Gasteiger partial charge in [-0.25, -0.2) is 4.79 Å². The van der Waals surface area contributed by atoms with Crippen LogP contribution in [0.5, 0.6) is 5.75 Å². The number of hydrogen-bond donors (Lipinski definition) is 2. The molecule has 0 saturated heterocycles. The number of nitrogens with one attached hydrogen (secondary N) is 2. The molecule has 28 heavy (non-hydrogen) atoms. The van der Waals surface area contributed by atoms with E-state index in [0.717, 1.165) is 60.7 Å². The topological polar surface area (TPSA) is 73.0 Å². The highest BCUT2D eigenvalue weighted by Gasteiger charge is 2.23. The summed E-state index contributed by atoms with van der Waals surface area (Å²) in [6, 6.07) is 3.79. The number of benzene rings is 1. The van der Waals surface area contributed by atoms with Crippen LogP contribution in [-0.4, -0.2) is 39.2 Å². The van der Waals surface area contributed by atoms with E-state index in [9.17, 15) is 9.59 Å². The van der Waals surface area contributed by atoms with E-state index in [1.807, 2.05) is 19.1 Å². The van der Waals surface area contributed by atoms with Gasteiger partial charge in [-0.15, -0.1) is 0 Å². The normalized spacial score (nSPS) is 14.8. The SMILES string of the molecule is Cc1cc(O[C@H](C)C(=O)NCCC[NH+](C)C)c2c3c(c(=O)oc2c1)CCCC3. The molecule has 6 nitrogen and oxygen atoms in total. The van der Waals surface area contributed by atoms with Crippen molar-refractivity contribution in [2.75, 3.05) is 27.2 Å². The van der Waals surface area contributed by atoms with Gasteiger partial charge in [-0.2, -0.15) is 0 Å². The first-order valence-corrected chi connectivity index (χ1v) is 10.2. The minimum Gasteiger partial charge on any atom is -0.480 e. The Labute approximate surface area is 165 Å². The second-order valence-corrected chi connectivity index (χ2v) is 8.05. The Kier molecular flexibility index (Phi) is 6.39. The van der Waals surface area contributed by atoms with Gasteiger partial charge in [0.2, 0.25) is 0 Å². The molecule has 0 saturated carbocycles. The Balaban J connectivity index is 1.84. The van der Waals surface area contributed by atoms with Gasteiger partial charge in [0.05, 0.1) is 26.0 Å². The van der Waals surface area contributed by atoms with Crippen LogP contribution in [0.15, 0.2) is 21.3 Å². The summed E-state index contributed by atoms with van der Waals surface area (Å²) in [7, 11) is 4.19. The summed E-state index contributed by atoms with van der Waals surface area (Å²) in [5.41, 5.74) is 3.02. The van der Waals surface area contributed by atoms with Gasteiger partial charge in [-0.1, -0.05) is 0 Å². The monoisotopic (exact) mass is 387 g/mol. The Morgan fingerprint density at radius 1 is 1.25 bits per heavy atom. The molecule has 2 aromatic rings. The summed E-state index contributed by atoms with van der Waals surface area (Å²) in [6.45, 7) is 5.33. The van der Waals surface area contributed by atoms with Gasteiger partial charge >= 0.3 is 5.63 Å². The molecule has 1 aromatic heterocycles. The number of rotatable bonds is 7. The van der Waals surface area contributed by atoms with Crippen molar-refractivity contribution in [2.45, 2.75) is 52.1 Å². The van der Waals surface area contributed by atoms with Crippen LogP contribution in [0.2, 0.25) is 0 Å². The van der Waals surface area contributed by atoms with Crippen LogP contribution in [-0.2, 0) is 17.6 Å². The molecule has 0 bridgehead atoms. The lowest BCUT2D eigenvalue weighted by atomic mass is 9.90. The molecule has 3 rings (SSSR count). The van der Waals surface area contributed by atoms with Crippen molar-refractivity contribution in [3.05, 3.63) is 39.2 Å². The highest BCUT2D eigenvalue weighted by molar-refractivity contribution is 5.89. The van der Waals surface area contributed by atoms with Crippen molar-refractivity contribution in [1.29, 1.82) is 0 Å². The standard InChI is InChI=1S/C22H30N2O4/c1-14-12-18(27-15(2)21(25)23-10-7-11-24(3)4)20-16-8-5-6-9-17(16)22(26)28-19(20)13-14/h12-13,15H,5-11H2,1-4H3,(H,23,25)/p+1/t15-/m1/s1. The summed E-state index contributed by atoms with van der Waals surface area (Å²) in [6.07, 6.45) is 3.92. The van der Waals surface area contributed by atoms with Crippen LogP contribution in [0.4, 0.5) is 0 Å². The molecule has 1 aliphatic carbocycles. The molecule has 1 heterocycles. The fourth-order valence-electron chi connectivity index (χ4n) is 3.80. The summed E-state index contributed by atoms with van der Waals surface area (Å²) >= 11 is 0. The first kappa shape index (κ1) is 20.4. The largest absolute Gasteiger partial charge is 0.480 e. The molecule has 152 valence electrons.